The lowest BCUT2D eigenvalue weighted by molar-refractivity contribution is -0.133. The highest BCUT2D eigenvalue weighted by atomic mass is 35.5. The van der Waals surface area contributed by atoms with Crippen LogP contribution >= 0.6 is 11.6 Å². The summed E-state index contributed by atoms with van der Waals surface area (Å²) in [6.45, 7) is 1.19. The van der Waals surface area contributed by atoms with E-state index in [1.54, 1.807) is 23.1 Å². The molecule has 0 aliphatic carbocycles. The van der Waals surface area contributed by atoms with Crippen LogP contribution in [0.2, 0.25) is 5.02 Å². The summed E-state index contributed by atoms with van der Waals surface area (Å²) in [4.78, 5) is 57.8. The van der Waals surface area contributed by atoms with Crippen LogP contribution in [0.15, 0.2) is 48.8 Å². The average molecular weight is 666 g/mol. The number of hydrogen-bond donors (Lipinski definition) is 4. The van der Waals surface area contributed by atoms with E-state index >= 15 is 4.39 Å². The largest absolute Gasteiger partial charge is 0.477 e. The number of nitrogens with one attached hydrogen (secondary N) is 3. The summed E-state index contributed by atoms with van der Waals surface area (Å²) in [6, 6.07) is 8.31. The van der Waals surface area contributed by atoms with E-state index in [9.17, 15) is 24.3 Å². The number of benzene rings is 2. The Morgan fingerprint density at radius 3 is 2.62 bits per heavy atom. The molecule has 2 aromatic carbocycles. The standard InChI is InChI=1S/C31H33ClFN9O5/c1-40(2)20-11-13-41(14-12-20)28(44)10-7-24(30(45)35-19-3-6-23-18(15-19)16-25(36-23)31(46)47)37-27(43)9-4-21-26(42-17-34-38-39-42)8-5-22(32)29(21)33/h3-6,8-9,15-17,20,24,36H,7,10-14H2,1-2H3,(H,35,45)(H,37,43)(H,46,47)/b9-4+/t24-/m0/s1. The molecule has 1 saturated heterocycles. The molecule has 0 bridgehead atoms. The van der Waals surface area contributed by atoms with Gasteiger partial charge in [0.25, 0.3) is 0 Å². The summed E-state index contributed by atoms with van der Waals surface area (Å²) in [6.07, 6.45) is 5.17. The van der Waals surface area contributed by atoms with Crippen molar-refractivity contribution in [2.45, 2.75) is 37.8 Å². The highest BCUT2D eigenvalue weighted by molar-refractivity contribution is 6.31. The maximum Gasteiger partial charge on any atom is 0.352 e. The Bertz CT molecular complexity index is 1820. The minimum absolute atomic E-state index is 0.000102. The third-order valence-corrected chi connectivity index (χ3v) is 8.34. The molecule has 246 valence electrons. The molecule has 2 aromatic heterocycles. The number of aromatic carboxylic acids is 1. The lowest BCUT2D eigenvalue weighted by Gasteiger charge is -2.35. The van der Waals surface area contributed by atoms with Crippen LogP contribution in [0.5, 0.6) is 0 Å². The fourth-order valence-electron chi connectivity index (χ4n) is 5.45. The number of tetrazole rings is 1. The molecule has 16 heteroatoms. The van der Waals surface area contributed by atoms with Gasteiger partial charge in [0, 0.05) is 53.8 Å². The molecule has 1 aliphatic rings. The lowest BCUT2D eigenvalue weighted by atomic mass is 10.0. The third-order valence-electron chi connectivity index (χ3n) is 8.05. The van der Waals surface area contributed by atoms with E-state index in [0.717, 1.165) is 18.9 Å². The number of amides is 3. The molecule has 5 rings (SSSR count). The fourth-order valence-corrected chi connectivity index (χ4v) is 5.61. The van der Waals surface area contributed by atoms with Gasteiger partial charge >= 0.3 is 5.97 Å². The third kappa shape index (κ3) is 7.99. The molecule has 0 radical (unpaired) electrons. The summed E-state index contributed by atoms with van der Waals surface area (Å²) >= 11 is 5.98. The number of hydrogen-bond acceptors (Lipinski definition) is 8. The second-order valence-electron chi connectivity index (χ2n) is 11.3. The van der Waals surface area contributed by atoms with Gasteiger partial charge in [0.15, 0.2) is 5.82 Å². The van der Waals surface area contributed by atoms with Crippen molar-refractivity contribution in [1.82, 2.24) is 40.3 Å². The molecular formula is C31H33ClFN9O5. The number of aromatic amines is 1. The van der Waals surface area contributed by atoms with E-state index in [0.29, 0.717) is 35.7 Å². The Morgan fingerprint density at radius 1 is 1.17 bits per heavy atom. The minimum Gasteiger partial charge on any atom is -0.477 e. The zero-order valence-electron chi connectivity index (χ0n) is 25.6. The SMILES string of the molecule is CN(C)C1CCN(C(=O)CC[C@H](NC(=O)/C=C/c2c(-n3cnnn3)ccc(Cl)c2F)C(=O)Nc2ccc3[nH]c(C(=O)O)cc3c2)CC1. The number of H-pyrrole nitrogens is 1. The van der Waals surface area contributed by atoms with Gasteiger partial charge in [0.1, 0.15) is 18.1 Å². The van der Waals surface area contributed by atoms with E-state index in [-0.39, 0.29) is 40.7 Å². The molecule has 14 nitrogen and oxygen atoms in total. The van der Waals surface area contributed by atoms with E-state index in [1.165, 1.54) is 35.3 Å². The molecule has 3 heterocycles. The molecule has 4 aromatic rings. The smallest absolute Gasteiger partial charge is 0.352 e. The molecule has 4 N–H and O–H groups in total. The van der Waals surface area contributed by atoms with Crippen molar-refractivity contribution in [1.29, 1.82) is 0 Å². The van der Waals surface area contributed by atoms with E-state index in [4.69, 9.17) is 11.6 Å². The zero-order valence-corrected chi connectivity index (χ0v) is 26.4. The van der Waals surface area contributed by atoms with Crippen LogP contribution < -0.4 is 10.6 Å². The number of carboxylic acid groups (broad SMARTS) is 1. The molecule has 0 saturated carbocycles. The predicted octanol–water partition coefficient (Wildman–Crippen LogP) is 3.10. The summed E-state index contributed by atoms with van der Waals surface area (Å²) in [5.41, 5.74) is 1.08. The number of piperidine rings is 1. The van der Waals surface area contributed by atoms with Crippen molar-refractivity contribution in [3.8, 4) is 5.69 Å². The second kappa shape index (κ2) is 14.5. The first-order valence-electron chi connectivity index (χ1n) is 14.8. The first kappa shape index (κ1) is 33.2. The van der Waals surface area contributed by atoms with Gasteiger partial charge in [-0.15, -0.1) is 5.10 Å². The van der Waals surface area contributed by atoms with E-state index in [2.05, 4.69) is 36.0 Å². The Hall–Kier alpha value is -5.15. The quantitative estimate of drug-likeness (QED) is 0.175. The Kier molecular flexibility index (Phi) is 10.3. The van der Waals surface area contributed by atoms with Crippen molar-refractivity contribution < 1.29 is 28.7 Å². The highest BCUT2D eigenvalue weighted by Crippen LogP contribution is 2.26. The van der Waals surface area contributed by atoms with Gasteiger partial charge < -0.3 is 30.5 Å². The van der Waals surface area contributed by atoms with E-state index in [1.807, 2.05) is 14.1 Å². The first-order valence-corrected chi connectivity index (χ1v) is 15.2. The number of carbonyl (C=O) groups is 4. The molecule has 3 amide bonds. The first-order chi connectivity index (χ1) is 22.5. The number of halogens is 2. The fraction of sp³-hybridized carbons (Fsp3) is 0.323. The highest BCUT2D eigenvalue weighted by Gasteiger charge is 2.27. The topological polar surface area (TPSA) is 178 Å². The summed E-state index contributed by atoms with van der Waals surface area (Å²) < 4.78 is 16.2. The van der Waals surface area contributed by atoms with Crippen LogP contribution in [0.25, 0.3) is 22.7 Å². The van der Waals surface area contributed by atoms with Crippen molar-refractivity contribution in [2.24, 2.45) is 0 Å². The number of aromatic nitrogens is 5. The van der Waals surface area contributed by atoms with Crippen molar-refractivity contribution in [2.75, 3.05) is 32.5 Å². The van der Waals surface area contributed by atoms with Gasteiger partial charge in [0.05, 0.1) is 10.7 Å². The molecule has 1 atom stereocenters. The van der Waals surface area contributed by atoms with Crippen LogP contribution in [0.1, 0.15) is 41.7 Å². The van der Waals surface area contributed by atoms with Crippen LogP contribution in [-0.2, 0) is 14.4 Å². The number of rotatable bonds is 11. The Morgan fingerprint density at radius 2 is 1.94 bits per heavy atom. The summed E-state index contributed by atoms with van der Waals surface area (Å²) in [5, 5.41) is 25.9. The van der Waals surface area contributed by atoms with Gasteiger partial charge in [-0.05, 0) is 86.3 Å². The summed E-state index contributed by atoms with van der Waals surface area (Å²) in [5.74, 6) is -3.37. The van der Waals surface area contributed by atoms with Crippen LogP contribution in [0.3, 0.4) is 0 Å². The maximum absolute atomic E-state index is 15.0. The Balaban J connectivity index is 1.32. The Labute approximate surface area is 273 Å². The molecular weight excluding hydrogens is 633 g/mol. The van der Waals surface area contributed by atoms with Crippen LogP contribution in [0, 0.1) is 5.82 Å². The zero-order chi connectivity index (χ0) is 33.7. The normalized spacial score (nSPS) is 14.5. The second-order valence-corrected chi connectivity index (χ2v) is 11.7. The minimum atomic E-state index is -1.14. The molecule has 1 aliphatic heterocycles. The van der Waals surface area contributed by atoms with Crippen molar-refractivity contribution >= 4 is 58.0 Å². The van der Waals surface area contributed by atoms with Gasteiger partial charge in [-0.2, -0.15) is 4.68 Å². The van der Waals surface area contributed by atoms with Gasteiger partial charge in [-0.3, -0.25) is 14.4 Å². The number of nitrogens with zero attached hydrogens (tertiary/aromatic N) is 6. The van der Waals surface area contributed by atoms with Gasteiger partial charge in [0.2, 0.25) is 17.7 Å². The molecule has 0 spiro atoms. The average Bonchev–Trinajstić information content (AvgIpc) is 3.74. The van der Waals surface area contributed by atoms with Gasteiger partial charge in [-0.25, -0.2) is 9.18 Å². The number of likely N-dealkylation sites (tertiary alicyclic amines) is 1. The number of carbonyl (C=O) groups excluding carboxylic acids is 3. The van der Waals surface area contributed by atoms with Crippen LogP contribution in [-0.4, -0.2) is 103 Å². The monoisotopic (exact) mass is 665 g/mol. The molecule has 47 heavy (non-hydrogen) atoms. The van der Waals surface area contributed by atoms with Crippen LogP contribution in [0.4, 0.5) is 10.1 Å². The number of anilines is 1. The van der Waals surface area contributed by atoms with Crippen molar-refractivity contribution in [3.05, 3.63) is 70.9 Å². The maximum atomic E-state index is 15.0. The molecule has 1 fully saturated rings. The van der Waals surface area contributed by atoms with E-state index < -0.39 is 29.6 Å². The number of fused-ring (bicyclic) bond motifs is 1. The lowest BCUT2D eigenvalue weighted by Crippen LogP contribution is -2.46. The summed E-state index contributed by atoms with van der Waals surface area (Å²) in [7, 11) is 4.02. The predicted molar refractivity (Wildman–Crippen MR) is 171 cm³/mol. The molecule has 0 unspecified atom stereocenters. The number of carboxylic acids is 1. The van der Waals surface area contributed by atoms with Crippen molar-refractivity contribution in [3.63, 3.8) is 0 Å². The van der Waals surface area contributed by atoms with Gasteiger partial charge in [-0.1, -0.05) is 11.6 Å².